The Labute approximate surface area is 119 Å². The van der Waals surface area contributed by atoms with E-state index in [-0.39, 0.29) is 0 Å². The van der Waals surface area contributed by atoms with Crippen molar-refractivity contribution in [2.75, 3.05) is 0 Å². The van der Waals surface area contributed by atoms with Gasteiger partial charge >= 0.3 is 0 Å². The van der Waals surface area contributed by atoms with E-state index < -0.39 is 5.60 Å². The molecule has 0 unspecified atom stereocenters. The lowest BCUT2D eigenvalue weighted by atomic mass is 10.1. The molecular weight excluding hydrogens is 246 g/mol. The van der Waals surface area contributed by atoms with Crippen molar-refractivity contribution in [3.8, 4) is 0 Å². The summed E-state index contributed by atoms with van der Waals surface area (Å²) in [6, 6.07) is 13.1. The highest BCUT2D eigenvalue weighted by atomic mass is 16.3. The predicted molar refractivity (Wildman–Crippen MR) is 85.2 cm³/mol. The van der Waals surface area contributed by atoms with Crippen LogP contribution in [-0.2, 0) is 6.54 Å². The van der Waals surface area contributed by atoms with Gasteiger partial charge < -0.3 is 9.67 Å². The van der Waals surface area contributed by atoms with Crippen LogP contribution in [0.2, 0.25) is 0 Å². The van der Waals surface area contributed by atoms with E-state index in [9.17, 15) is 5.11 Å². The highest BCUT2D eigenvalue weighted by molar-refractivity contribution is 6.08. The van der Waals surface area contributed by atoms with Gasteiger partial charge in [-0.1, -0.05) is 23.3 Å². The number of aryl methyl sites for hydroxylation is 2. The van der Waals surface area contributed by atoms with E-state index in [1.165, 1.54) is 32.9 Å². The Morgan fingerprint density at radius 1 is 0.900 bits per heavy atom. The molecule has 1 heterocycles. The molecule has 0 saturated heterocycles. The van der Waals surface area contributed by atoms with Crippen LogP contribution in [0.3, 0.4) is 0 Å². The van der Waals surface area contributed by atoms with E-state index in [0.717, 1.165) is 0 Å². The van der Waals surface area contributed by atoms with Crippen molar-refractivity contribution >= 4 is 21.8 Å². The van der Waals surface area contributed by atoms with Crippen LogP contribution < -0.4 is 0 Å². The first kappa shape index (κ1) is 13.2. The number of hydrogen-bond acceptors (Lipinski definition) is 1. The second-order valence-electron chi connectivity index (χ2n) is 6.44. The molecule has 2 nitrogen and oxygen atoms in total. The number of hydrogen-bond donors (Lipinski definition) is 1. The second kappa shape index (κ2) is 4.35. The van der Waals surface area contributed by atoms with Gasteiger partial charge in [-0.2, -0.15) is 0 Å². The molecule has 0 amide bonds. The molecule has 0 spiro atoms. The number of benzene rings is 2. The summed E-state index contributed by atoms with van der Waals surface area (Å²) in [5.74, 6) is 0. The molecule has 0 radical (unpaired) electrons. The van der Waals surface area contributed by atoms with E-state index in [2.05, 4.69) is 54.8 Å². The highest BCUT2D eigenvalue weighted by Crippen LogP contribution is 2.31. The van der Waals surface area contributed by atoms with Gasteiger partial charge in [0, 0.05) is 21.8 Å². The first-order valence-corrected chi connectivity index (χ1v) is 7.07. The normalized spacial score (nSPS) is 12.4. The molecule has 2 aromatic carbocycles. The summed E-state index contributed by atoms with van der Waals surface area (Å²) in [5.41, 5.74) is 4.19. The molecule has 0 atom stereocenters. The minimum Gasteiger partial charge on any atom is -0.389 e. The standard InChI is InChI=1S/C18H21NO/c1-12-5-7-16-14(9-12)15-10-13(2)6-8-17(15)19(16)11-18(3,4)20/h5-10,20H,11H2,1-4H3. The lowest BCUT2D eigenvalue weighted by Crippen LogP contribution is -2.25. The first-order valence-electron chi connectivity index (χ1n) is 7.07. The number of fused-ring (bicyclic) bond motifs is 3. The van der Waals surface area contributed by atoms with E-state index in [0.29, 0.717) is 6.54 Å². The van der Waals surface area contributed by atoms with Gasteiger partial charge in [0.25, 0.3) is 0 Å². The van der Waals surface area contributed by atoms with E-state index in [1.54, 1.807) is 0 Å². The molecule has 0 saturated carbocycles. The van der Waals surface area contributed by atoms with Gasteiger partial charge in [-0.25, -0.2) is 0 Å². The van der Waals surface area contributed by atoms with Gasteiger partial charge in [0.05, 0.1) is 12.1 Å². The van der Waals surface area contributed by atoms with E-state index in [1.807, 2.05) is 13.8 Å². The molecule has 0 aliphatic rings. The lowest BCUT2D eigenvalue weighted by Gasteiger charge is -2.19. The van der Waals surface area contributed by atoms with Gasteiger partial charge in [-0.3, -0.25) is 0 Å². The molecule has 20 heavy (non-hydrogen) atoms. The maximum absolute atomic E-state index is 10.2. The molecule has 1 aromatic heterocycles. The lowest BCUT2D eigenvalue weighted by molar-refractivity contribution is 0.0640. The Morgan fingerprint density at radius 2 is 1.35 bits per heavy atom. The number of aromatic nitrogens is 1. The fourth-order valence-electron chi connectivity index (χ4n) is 2.89. The Hall–Kier alpha value is -1.80. The summed E-state index contributed by atoms with van der Waals surface area (Å²) in [6.45, 7) is 8.54. The Morgan fingerprint density at radius 3 is 1.75 bits per heavy atom. The van der Waals surface area contributed by atoms with Crippen molar-refractivity contribution in [3.05, 3.63) is 47.5 Å². The third-order valence-corrected chi connectivity index (χ3v) is 3.72. The third kappa shape index (κ3) is 2.20. The number of nitrogens with zero attached hydrogens (tertiary/aromatic N) is 1. The van der Waals surface area contributed by atoms with Crippen molar-refractivity contribution in [2.45, 2.75) is 39.8 Å². The van der Waals surface area contributed by atoms with Crippen LogP contribution >= 0.6 is 0 Å². The predicted octanol–water partition coefficient (Wildman–Crippen LogP) is 4.18. The molecule has 3 aromatic rings. The summed E-state index contributed by atoms with van der Waals surface area (Å²) in [6.07, 6.45) is 0. The molecule has 0 aliphatic carbocycles. The van der Waals surface area contributed by atoms with Crippen LogP contribution in [0.25, 0.3) is 21.8 Å². The Bertz CT molecular complexity index is 731. The maximum Gasteiger partial charge on any atom is 0.0770 e. The molecule has 0 fully saturated rings. The monoisotopic (exact) mass is 267 g/mol. The summed E-state index contributed by atoms with van der Waals surface area (Å²) in [5, 5.41) is 12.7. The maximum atomic E-state index is 10.2. The molecule has 2 heteroatoms. The van der Waals surface area contributed by atoms with Crippen molar-refractivity contribution < 1.29 is 5.11 Å². The van der Waals surface area contributed by atoms with Crippen LogP contribution in [0.4, 0.5) is 0 Å². The minimum absolute atomic E-state index is 0.596. The summed E-state index contributed by atoms with van der Waals surface area (Å²) in [7, 11) is 0. The van der Waals surface area contributed by atoms with Crippen LogP contribution in [0.1, 0.15) is 25.0 Å². The average Bonchev–Trinajstić information content (AvgIpc) is 2.61. The van der Waals surface area contributed by atoms with Crippen LogP contribution in [0.15, 0.2) is 36.4 Å². The van der Waals surface area contributed by atoms with E-state index in [4.69, 9.17) is 0 Å². The fourth-order valence-corrected chi connectivity index (χ4v) is 2.89. The second-order valence-corrected chi connectivity index (χ2v) is 6.44. The third-order valence-electron chi connectivity index (χ3n) is 3.72. The smallest absolute Gasteiger partial charge is 0.0770 e. The highest BCUT2D eigenvalue weighted by Gasteiger charge is 2.18. The van der Waals surface area contributed by atoms with Gasteiger partial charge in [-0.15, -0.1) is 0 Å². The Kier molecular flexibility index (Phi) is 2.87. The minimum atomic E-state index is -0.728. The fraction of sp³-hybridized carbons (Fsp3) is 0.333. The molecule has 0 aliphatic heterocycles. The number of aliphatic hydroxyl groups is 1. The molecule has 3 rings (SSSR count). The Balaban J connectivity index is 2.41. The summed E-state index contributed by atoms with van der Waals surface area (Å²) >= 11 is 0. The van der Waals surface area contributed by atoms with Crippen molar-refractivity contribution in [1.82, 2.24) is 4.57 Å². The van der Waals surface area contributed by atoms with Gasteiger partial charge in [0.1, 0.15) is 0 Å². The van der Waals surface area contributed by atoms with Gasteiger partial charge in [0.15, 0.2) is 0 Å². The summed E-state index contributed by atoms with van der Waals surface area (Å²) < 4.78 is 2.23. The quantitative estimate of drug-likeness (QED) is 0.740. The van der Waals surface area contributed by atoms with Crippen LogP contribution in [-0.4, -0.2) is 15.3 Å². The zero-order valence-electron chi connectivity index (χ0n) is 12.6. The largest absolute Gasteiger partial charge is 0.389 e. The molecular formula is C18H21NO. The van der Waals surface area contributed by atoms with E-state index >= 15 is 0 Å². The number of rotatable bonds is 2. The van der Waals surface area contributed by atoms with Crippen molar-refractivity contribution in [3.63, 3.8) is 0 Å². The molecule has 0 bridgehead atoms. The van der Waals surface area contributed by atoms with Crippen LogP contribution in [0, 0.1) is 13.8 Å². The zero-order valence-corrected chi connectivity index (χ0v) is 12.6. The van der Waals surface area contributed by atoms with Crippen molar-refractivity contribution in [1.29, 1.82) is 0 Å². The first-order chi connectivity index (χ1) is 9.35. The van der Waals surface area contributed by atoms with Crippen molar-refractivity contribution in [2.24, 2.45) is 0 Å². The van der Waals surface area contributed by atoms with Gasteiger partial charge in [0.2, 0.25) is 0 Å². The zero-order chi connectivity index (χ0) is 14.5. The topological polar surface area (TPSA) is 25.2 Å². The SMILES string of the molecule is Cc1ccc2c(c1)c1cc(C)ccc1n2CC(C)(C)O. The molecule has 1 N–H and O–H groups in total. The molecule has 104 valence electrons. The van der Waals surface area contributed by atoms with Crippen LogP contribution in [0.5, 0.6) is 0 Å². The average molecular weight is 267 g/mol. The summed E-state index contributed by atoms with van der Waals surface area (Å²) in [4.78, 5) is 0. The van der Waals surface area contributed by atoms with Gasteiger partial charge in [-0.05, 0) is 52.0 Å².